The maximum Gasteiger partial charge on any atom is 0.374 e. The SMILES string of the molecule is CCCCCCOC(=O)C(=O)C1CCCCC1. The second kappa shape index (κ2) is 8.26. The van der Waals surface area contributed by atoms with Crippen molar-refractivity contribution in [3.8, 4) is 0 Å². The molecule has 0 aliphatic heterocycles. The Morgan fingerprint density at radius 2 is 1.76 bits per heavy atom. The minimum atomic E-state index is -0.603. The average Bonchev–Trinajstić information content (AvgIpc) is 2.38. The molecule has 0 saturated heterocycles. The van der Waals surface area contributed by atoms with Gasteiger partial charge in [0.2, 0.25) is 5.78 Å². The third-order valence-electron chi connectivity index (χ3n) is 3.41. The zero-order valence-electron chi connectivity index (χ0n) is 10.9. The molecule has 1 fully saturated rings. The van der Waals surface area contributed by atoms with Crippen LogP contribution in [0.15, 0.2) is 0 Å². The largest absolute Gasteiger partial charge is 0.460 e. The molecule has 1 saturated carbocycles. The molecule has 0 N–H and O–H groups in total. The molecule has 0 aromatic heterocycles. The highest BCUT2D eigenvalue weighted by molar-refractivity contribution is 6.34. The van der Waals surface area contributed by atoms with E-state index in [4.69, 9.17) is 4.74 Å². The molecule has 0 spiro atoms. The zero-order valence-corrected chi connectivity index (χ0v) is 10.9. The average molecular weight is 240 g/mol. The summed E-state index contributed by atoms with van der Waals surface area (Å²) in [5, 5.41) is 0. The smallest absolute Gasteiger partial charge is 0.374 e. The van der Waals surface area contributed by atoms with Crippen LogP contribution < -0.4 is 0 Å². The lowest BCUT2D eigenvalue weighted by Crippen LogP contribution is -2.27. The Balaban J connectivity index is 2.15. The van der Waals surface area contributed by atoms with Gasteiger partial charge in [-0.2, -0.15) is 0 Å². The molecule has 0 amide bonds. The van der Waals surface area contributed by atoms with E-state index in [0.717, 1.165) is 51.4 Å². The van der Waals surface area contributed by atoms with Crippen molar-refractivity contribution in [3.05, 3.63) is 0 Å². The fourth-order valence-electron chi connectivity index (χ4n) is 2.30. The topological polar surface area (TPSA) is 43.4 Å². The van der Waals surface area contributed by atoms with Crippen LogP contribution in [-0.2, 0) is 14.3 Å². The molecular formula is C14H24O3. The zero-order chi connectivity index (χ0) is 12.5. The van der Waals surface area contributed by atoms with Crippen molar-refractivity contribution in [2.45, 2.75) is 64.7 Å². The van der Waals surface area contributed by atoms with Crippen LogP contribution >= 0.6 is 0 Å². The molecule has 0 aromatic rings. The number of rotatable bonds is 7. The summed E-state index contributed by atoms with van der Waals surface area (Å²) in [4.78, 5) is 23.2. The van der Waals surface area contributed by atoms with Crippen molar-refractivity contribution < 1.29 is 14.3 Å². The van der Waals surface area contributed by atoms with Gasteiger partial charge >= 0.3 is 5.97 Å². The Morgan fingerprint density at radius 3 is 2.41 bits per heavy atom. The molecule has 3 nitrogen and oxygen atoms in total. The second-order valence-corrected chi connectivity index (χ2v) is 4.90. The first-order valence-electron chi connectivity index (χ1n) is 6.96. The summed E-state index contributed by atoms with van der Waals surface area (Å²) < 4.78 is 5.02. The maximum absolute atomic E-state index is 11.7. The summed E-state index contributed by atoms with van der Waals surface area (Å²) in [5.74, 6) is -0.958. The van der Waals surface area contributed by atoms with Gasteiger partial charge in [0.15, 0.2) is 0 Å². The summed E-state index contributed by atoms with van der Waals surface area (Å²) in [6, 6.07) is 0. The van der Waals surface area contributed by atoms with Gasteiger partial charge in [-0.05, 0) is 19.3 Å². The molecule has 98 valence electrons. The lowest BCUT2D eigenvalue weighted by Gasteiger charge is -2.19. The van der Waals surface area contributed by atoms with Gasteiger partial charge in [-0.25, -0.2) is 4.79 Å². The minimum Gasteiger partial charge on any atom is -0.460 e. The molecule has 0 unspecified atom stereocenters. The Labute approximate surface area is 104 Å². The first kappa shape index (κ1) is 14.2. The first-order valence-corrected chi connectivity index (χ1v) is 6.96. The molecule has 0 atom stereocenters. The first-order chi connectivity index (χ1) is 8.25. The number of ketones is 1. The molecule has 17 heavy (non-hydrogen) atoms. The van der Waals surface area contributed by atoms with E-state index in [1.165, 1.54) is 6.42 Å². The van der Waals surface area contributed by atoms with E-state index in [2.05, 4.69) is 6.92 Å². The monoisotopic (exact) mass is 240 g/mol. The van der Waals surface area contributed by atoms with Gasteiger partial charge in [0.25, 0.3) is 0 Å². The van der Waals surface area contributed by atoms with Crippen LogP contribution in [0.4, 0.5) is 0 Å². The summed E-state index contributed by atoms with van der Waals surface area (Å²) in [5.41, 5.74) is 0. The van der Waals surface area contributed by atoms with E-state index >= 15 is 0 Å². The van der Waals surface area contributed by atoms with E-state index in [0.29, 0.717) is 6.61 Å². The Hall–Kier alpha value is -0.860. The van der Waals surface area contributed by atoms with Crippen molar-refractivity contribution >= 4 is 11.8 Å². The van der Waals surface area contributed by atoms with Crippen molar-refractivity contribution in [3.63, 3.8) is 0 Å². The number of hydrogen-bond donors (Lipinski definition) is 0. The fourth-order valence-corrected chi connectivity index (χ4v) is 2.30. The standard InChI is InChI=1S/C14H24O3/c1-2-3-4-8-11-17-14(16)13(15)12-9-6-5-7-10-12/h12H,2-11H2,1H3. The van der Waals surface area contributed by atoms with E-state index in [9.17, 15) is 9.59 Å². The van der Waals surface area contributed by atoms with Gasteiger partial charge in [0.1, 0.15) is 0 Å². The number of Topliss-reactive ketones (excluding diaryl/α,β-unsaturated/α-hetero) is 1. The molecule has 1 rings (SSSR count). The lowest BCUT2D eigenvalue weighted by atomic mass is 9.86. The molecule has 0 aromatic carbocycles. The number of carbonyl (C=O) groups is 2. The number of hydrogen-bond acceptors (Lipinski definition) is 3. The van der Waals surface area contributed by atoms with Crippen molar-refractivity contribution in [1.82, 2.24) is 0 Å². The Morgan fingerprint density at radius 1 is 1.06 bits per heavy atom. The van der Waals surface area contributed by atoms with Crippen LogP contribution in [0.1, 0.15) is 64.7 Å². The highest BCUT2D eigenvalue weighted by Gasteiger charge is 2.27. The Bertz CT molecular complexity index is 242. The maximum atomic E-state index is 11.7. The highest BCUT2D eigenvalue weighted by Crippen LogP contribution is 2.24. The Kier molecular flexibility index (Phi) is 6.90. The van der Waals surface area contributed by atoms with Gasteiger partial charge in [-0.15, -0.1) is 0 Å². The molecule has 0 heterocycles. The van der Waals surface area contributed by atoms with Crippen LogP contribution in [0.25, 0.3) is 0 Å². The lowest BCUT2D eigenvalue weighted by molar-refractivity contribution is -0.156. The molecule has 0 bridgehead atoms. The summed E-state index contributed by atoms with van der Waals surface area (Å²) >= 11 is 0. The second-order valence-electron chi connectivity index (χ2n) is 4.90. The minimum absolute atomic E-state index is 0.0631. The predicted molar refractivity (Wildman–Crippen MR) is 66.7 cm³/mol. The van der Waals surface area contributed by atoms with Crippen molar-refractivity contribution in [2.24, 2.45) is 5.92 Å². The molecular weight excluding hydrogens is 216 g/mol. The molecule has 3 heteroatoms. The van der Waals surface area contributed by atoms with Crippen LogP contribution in [0.5, 0.6) is 0 Å². The number of unbranched alkanes of at least 4 members (excludes halogenated alkanes) is 3. The number of esters is 1. The van der Waals surface area contributed by atoms with Gasteiger partial charge in [0, 0.05) is 5.92 Å². The third kappa shape index (κ3) is 5.33. The van der Waals surface area contributed by atoms with E-state index in [-0.39, 0.29) is 11.7 Å². The molecule has 1 aliphatic rings. The highest BCUT2D eigenvalue weighted by atomic mass is 16.5. The van der Waals surface area contributed by atoms with Gasteiger partial charge in [-0.1, -0.05) is 45.4 Å². The van der Waals surface area contributed by atoms with Crippen molar-refractivity contribution in [1.29, 1.82) is 0 Å². The van der Waals surface area contributed by atoms with Gasteiger partial charge in [0.05, 0.1) is 6.61 Å². The normalized spacial score (nSPS) is 16.8. The fraction of sp³-hybridized carbons (Fsp3) is 0.857. The molecule has 0 radical (unpaired) electrons. The number of ether oxygens (including phenoxy) is 1. The third-order valence-corrected chi connectivity index (χ3v) is 3.41. The van der Waals surface area contributed by atoms with Crippen LogP contribution in [0, 0.1) is 5.92 Å². The summed E-state index contributed by atoms with van der Waals surface area (Å²) in [6.45, 7) is 2.54. The summed E-state index contributed by atoms with van der Waals surface area (Å²) in [7, 11) is 0. The van der Waals surface area contributed by atoms with E-state index in [1.54, 1.807) is 0 Å². The van der Waals surface area contributed by atoms with Crippen molar-refractivity contribution in [2.75, 3.05) is 6.61 Å². The van der Waals surface area contributed by atoms with E-state index < -0.39 is 5.97 Å². The van der Waals surface area contributed by atoms with Crippen LogP contribution in [0.3, 0.4) is 0 Å². The van der Waals surface area contributed by atoms with Gasteiger partial charge < -0.3 is 4.74 Å². The molecule has 1 aliphatic carbocycles. The predicted octanol–water partition coefficient (Wildman–Crippen LogP) is 3.26. The van der Waals surface area contributed by atoms with Gasteiger partial charge in [-0.3, -0.25) is 4.79 Å². The van der Waals surface area contributed by atoms with E-state index in [1.807, 2.05) is 0 Å². The quantitative estimate of drug-likeness (QED) is 0.390. The summed E-state index contributed by atoms with van der Waals surface area (Å²) in [6.07, 6.45) is 9.33. The van der Waals surface area contributed by atoms with Crippen LogP contribution in [0.2, 0.25) is 0 Å². The van der Waals surface area contributed by atoms with Crippen LogP contribution in [-0.4, -0.2) is 18.4 Å². The number of carbonyl (C=O) groups excluding carboxylic acids is 2.